The number of ketones is 1. The van der Waals surface area contributed by atoms with Crippen LogP contribution >= 0.6 is 0 Å². The van der Waals surface area contributed by atoms with Crippen molar-refractivity contribution in [1.82, 2.24) is 0 Å². The molecule has 0 bridgehead atoms. The van der Waals surface area contributed by atoms with Crippen LogP contribution in [-0.2, 0) is 9.59 Å². The maximum atomic E-state index is 13.6. The molecule has 1 aliphatic rings. The number of para-hydroxylation sites is 2. The second-order valence-corrected chi connectivity index (χ2v) is 9.17. The molecule has 38 heavy (non-hydrogen) atoms. The number of anilines is 2. The van der Waals surface area contributed by atoms with Crippen LogP contribution in [-0.4, -0.2) is 37.0 Å². The SMILES string of the molecule is CCN(CC)c1ccc(C2/C(=C(/O)c3ccc4ccccc4c3)C(=O)C(=O)N2c2ccccc2OC)cc1. The van der Waals surface area contributed by atoms with Crippen molar-refractivity contribution < 1.29 is 19.4 Å². The summed E-state index contributed by atoms with van der Waals surface area (Å²) in [6, 6.07) is 27.4. The fourth-order valence-corrected chi connectivity index (χ4v) is 5.17. The number of fused-ring (bicyclic) bond motifs is 1. The largest absolute Gasteiger partial charge is 0.507 e. The summed E-state index contributed by atoms with van der Waals surface area (Å²) < 4.78 is 5.54. The summed E-state index contributed by atoms with van der Waals surface area (Å²) in [6.45, 7) is 5.91. The van der Waals surface area contributed by atoms with Crippen LogP contribution in [0.2, 0.25) is 0 Å². The fraction of sp³-hybridized carbons (Fsp3) is 0.188. The predicted octanol–water partition coefficient (Wildman–Crippen LogP) is 6.32. The number of nitrogens with zero attached hydrogens (tertiary/aromatic N) is 2. The van der Waals surface area contributed by atoms with E-state index in [1.165, 1.54) is 12.0 Å². The highest BCUT2D eigenvalue weighted by molar-refractivity contribution is 6.52. The molecule has 6 nitrogen and oxygen atoms in total. The number of rotatable bonds is 7. The zero-order chi connectivity index (χ0) is 26.8. The number of amides is 1. The third-order valence-corrected chi connectivity index (χ3v) is 7.15. The van der Waals surface area contributed by atoms with Crippen molar-refractivity contribution in [2.45, 2.75) is 19.9 Å². The molecular formula is C32H30N2O4. The monoisotopic (exact) mass is 506 g/mol. The van der Waals surface area contributed by atoms with Gasteiger partial charge in [-0.3, -0.25) is 14.5 Å². The Balaban J connectivity index is 1.71. The van der Waals surface area contributed by atoms with E-state index in [-0.39, 0.29) is 11.3 Å². The van der Waals surface area contributed by atoms with E-state index in [4.69, 9.17) is 4.74 Å². The summed E-state index contributed by atoms with van der Waals surface area (Å²) in [5.74, 6) is -1.19. The first-order chi connectivity index (χ1) is 18.5. The highest BCUT2D eigenvalue weighted by Crippen LogP contribution is 2.45. The second kappa shape index (κ2) is 10.4. The number of aliphatic hydroxyl groups excluding tert-OH is 1. The van der Waals surface area contributed by atoms with Crippen molar-refractivity contribution in [3.05, 3.63) is 108 Å². The quantitative estimate of drug-likeness (QED) is 0.180. The molecule has 4 aromatic carbocycles. The minimum absolute atomic E-state index is 0.0479. The molecule has 1 aliphatic heterocycles. The van der Waals surface area contributed by atoms with E-state index in [1.54, 1.807) is 24.3 Å². The number of carbonyl (C=O) groups is 2. The van der Waals surface area contributed by atoms with Gasteiger partial charge in [0.15, 0.2) is 0 Å². The molecule has 1 N–H and O–H groups in total. The van der Waals surface area contributed by atoms with Gasteiger partial charge in [0.05, 0.1) is 24.4 Å². The molecule has 1 saturated heterocycles. The number of methoxy groups -OCH3 is 1. The number of hydrogen-bond acceptors (Lipinski definition) is 5. The van der Waals surface area contributed by atoms with Crippen LogP contribution in [0.3, 0.4) is 0 Å². The van der Waals surface area contributed by atoms with E-state index in [1.807, 2.05) is 66.7 Å². The average molecular weight is 507 g/mol. The summed E-state index contributed by atoms with van der Waals surface area (Å²) >= 11 is 0. The molecule has 1 amide bonds. The van der Waals surface area contributed by atoms with Gasteiger partial charge < -0.3 is 14.7 Å². The Kier molecular flexibility index (Phi) is 6.88. The lowest BCUT2D eigenvalue weighted by Gasteiger charge is -2.27. The van der Waals surface area contributed by atoms with E-state index in [2.05, 4.69) is 18.7 Å². The van der Waals surface area contributed by atoms with Crippen molar-refractivity contribution >= 4 is 39.6 Å². The first-order valence-electron chi connectivity index (χ1n) is 12.8. The van der Waals surface area contributed by atoms with Crippen LogP contribution in [0.25, 0.3) is 16.5 Å². The van der Waals surface area contributed by atoms with E-state index in [0.29, 0.717) is 22.6 Å². The lowest BCUT2D eigenvalue weighted by molar-refractivity contribution is -0.132. The number of carbonyl (C=O) groups excluding carboxylic acids is 2. The Morgan fingerprint density at radius 1 is 0.868 bits per heavy atom. The van der Waals surface area contributed by atoms with E-state index >= 15 is 0 Å². The van der Waals surface area contributed by atoms with Gasteiger partial charge in [0.25, 0.3) is 11.7 Å². The van der Waals surface area contributed by atoms with Gasteiger partial charge in [0.2, 0.25) is 0 Å². The van der Waals surface area contributed by atoms with E-state index in [9.17, 15) is 14.7 Å². The molecule has 192 valence electrons. The maximum absolute atomic E-state index is 13.6. The molecule has 0 aliphatic carbocycles. The minimum Gasteiger partial charge on any atom is -0.507 e. The Morgan fingerprint density at radius 3 is 2.21 bits per heavy atom. The first-order valence-corrected chi connectivity index (χ1v) is 12.8. The number of hydrogen-bond donors (Lipinski definition) is 1. The van der Waals surface area contributed by atoms with Gasteiger partial charge in [0, 0.05) is 24.3 Å². The number of benzene rings is 4. The molecule has 4 aromatic rings. The second-order valence-electron chi connectivity index (χ2n) is 9.17. The van der Waals surface area contributed by atoms with Crippen molar-refractivity contribution in [2.24, 2.45) is 0 Å². The van der Waals surface area contributed by atoms with Crippen molar-refractivity contribution in [3.63, 3.8) is 0 Å². The molecular weight excluding hydrogens is 476 g/mol. The molecule has 1 heterocycles. The van der Waals surface area contributed by atoms with Crippen LogP contribution in [0, 0.1) is 0 Å². The molecule has 1 unspecified atom stereocenters. The number of ether oxygens (including phenoxy) is 1. The van der Waals surface area contributed by atoms with Gasteiger partial charge >= 0.3 is 0 Å². The summed E-state index contributed by atoms with van der Waals surface area (Å²) in [4.78, 5) is 30.8. The standard InChI is InChI=1S/C32H30N2O4/c1-4-33(5-2)25-18-16-22(17-19-25)29-28(30(35)24-15-14-21-10-6-7-11-23(21)20-24)31(36)32(37)34(29)26-12-8-9-13-27(26)38-3/h6-20,29,35H,4-5H2,1-3H3/b30-28-. The van der Waals surface area contributed by atoms with Gasteiger partial charge in [-0.05, 0) is 60.5 Å². The van der Waals surface area contributed by atoms with Crippen molar-refractivity contribution in [2.75, 3.05) is 30.0 Å². The van der Waals surface area contributed by atoms with Crippen LogP contribution in [0.15, 0.2) is 96.6 Å². The third-order valence-electron chi connectivity index (χ3n) is 7.15. The average Bonchev–Trinajstić information content (AvgIpc) is 3.23. The van der Waals surface area contributed by atoms with E-state index in [0.717, 1.165) is 29.5 Å². The smallest absolute Gasteiger partial charge is 0.300 e. The first kappa shape index (κ1) is 25.1. The summed E-state index contributed by atoms with van der Waals surface area (Å²) in [7, 11) is 1.53. The third kappa shape index (κ3) is 4.28. The lowest BCUT2D eigenvalue weighted by Crippen LogP contribution is -2.30. The lowest BCUT2D eigenvalue weighted by atomic mass is 9.94. The highest BCUT2D eigenvalue weighted by Gasteiger charge is 2.47. The van der Waals surface area contributed by atoms with Crippen molar-refractivity contribution in [1.29, 1.82) is 0 Å². The molecule has 0 aromatic heterocycles. The van der Waals surface area contributed by atoms with Gasteiger partial charge in [-0.25, -0.2) is 0 Å². The molecule has 1 fully saturated rings. The zero-order valence-electron chi connectivity index (χ0n) is 21.7. The van der Waals surface area contributed by atoms with Gasteiger partial charge in [0.1, 0.15) is 11.5 Å². The maximum Gasteiger partial charge on any atom is 0.300 e. The molecule has 6 heteroatoms. The minimum atomic E-state index is -0.830. The van der Waals surface area contributed by atoms with Crippen LogP contribution in [0.5, 0.6) is 5.75 Å². The highest BCUT2D eigenvalue weighted by atomic mass is 16.5. The van der Waals surface area contributed by atoms with Crippen LogP contribution in [0.4, 0.5) is 11.4 Å². The van der Waals surface area contributed by atoms with Crippen LogP contribution in [0.1, 0.15) is 31.0 Å². The molecule has 0 saturated carbocycles. The number of Topliss-reactive ketones (excluding diaryl/α,β-unsaturated/α-hetero) is 1. The Hall–Kier alpha value is -4.58. The number of aliphatic hydroxyl groups is 1. The van der Waals surface area contributed by atoms with Crippen LogP contribution < -0.4 is 14.5 Å². The van der Waals surface area contributed by atoms with E-state index < -0.39 is 17.7 Å². The summed E-state index contributed by atoms with van der Waals surface area (Å²) in [5.41, 5.74) is 2.75. The molecule has 0 spiro atoms. The van der Waals surface area contributed by atoms with Gasteiger partial charge in [-0.1, -0.05) is 60.7 Å². The Morgan fingerprint density at radius 2 is 1.53 bits per heavy atom. The Labute approximate surface area is 222 Å². The summed E-state index contributed by atoms with van der Waals surface area (Å²) in [5, 5.41) is 13.5. The predicted molar refractivity (Wildman–Crippen MR) is 152 cm³/mol. The zero-order valence-corrected chi connectivity index (χ0v) is 21.7. The fourth-order valence-electron chi connectivity index (χ4n) is 5.17. The molecule has 0 radical (unpaired) electrons. The molecule has 5 rings (SSSR count). The molecule has 1 atom stereocenters. The van der Waals surface area contributed by atoms with Gasteiger partial charge in [-0.2, -0.15) is 0 Å². The van der Waals surface area contributed by atoms with Crippen molar-refractivity contribution in [3.8, 4) is 5.75 Å². The summed E-state index contributed by atoms with van der Waals surface area (Å²) in [6.07, 6.45) is 0. The topological polar surface area (TPSA) is 70.1 Å². The normalized spacial score (nSPS) is 16.7. The Bertz CT molecular complexity index is 1540. The van der Waals surface area contributed by atoms with Gasteiger partial charge in [-0.15, -0.1) is 0 Å².